The zero-order valence-electron chi connectivity index (χ0n) is 10.3. The standard InChI is InChI=1S/C13H22N2O/c1-12-4-6-13(7-5-12)15(9-3-8-14)10-11-16-2/h4-7H,3,8-11,14H2,1-2H3. The summed E-state index contributed by atoms with van der Waals surface area (Å²) in [5.74, 6) is 0. The molecule has 0 aliphatic carbocycles. The number of rotatable bonds is 7. The molecule has 0 atom stereocenters. The van der Waals surface area contributed by atoms with E-state index in [2.05, 4.69) is 36.1 Å². The molecule has 2 N–H and O–H groups in total. The lowest BCUT2D eigenvalue weighted by molar-refractivity contribution is 0.205. The van der Waals surface area contributed by atoms with Gasteiger partial charge in [-0.25, -0.2) is 0 Å². The first-order chi connectivity index (χ1) is 7.77. The topological polar surface area (TPSA) is 38.5 Å². The van der Waals surface area contributed by atoms with Crippen molar-refractivity contribution in [1.82, 2.24) is 0 Å². The van der Waals surface area contributed by atoms with Crippen molar-refractivity contribution in [3.63, 3.8) is 0 Å². The fourth-order valence-electron chi connectivity index (χ4n) is 1.61. The monoisotopic (exact) mass is 222 g/mol. The molecule has 0 fully saturated rings. The van der Waals surface area contributed by atoms with Gasteiger partial charge in [0, 0.05) is 25.9 Å². The molecule has 0 saturated heterocycles. The van der Waals surface area contributed by atoms with Crippen LogP contribution in [0.1, 0.15) is 12.0 Å². The molecule has 1 rings (SSSR count). The Morgan fingerprint density at radius 3 is 2.44 bits per heavy atom. The normalized spacial score (nSPS) is 10.4. The molecule has 0 heterocycles. The number of benzene rings is 1. The zero-order chi connectivity index (χ0) is 11.8. The highest BCUT2D eigenvalue weighted by atomic mass is 16.5. The molecule has 0 bridgehead atoms. The first-order valence-corrected chi connectivity index (χ1v) is 5.78. The lowest BCUT2D eigenvalue weighted by Gasteiger charge is -2.24. The number of ether oxygens (including phenoxy) is 1. The van der Waals surface area contributed by atoms with Crippen LogP contribution >= 0.6 is 0 Å². The molecule has 0 aromatic heterocycles. The maximum absolute atomic E-state index is 5.55. The van der Waals surface area contributed by atoms with Gasteiger partial charge in [0.05, 0.1) is 6.61 Å². The summed E-state index contributed by atoms with van der Waals surface area (Å²) in [5, 5.41) is 0. The molecule has 90 valence electrons. The minimum absolute atomic E-state index is 0.731. The minimum Gasteiger partial charge on any atom is -0.383 e. The Bertz CT molecular complexity index is 276. The van der Waals surface area contributed by atoms with Crippen molar-refractivity contribution >= 4 is 5.69 Å². The van der Waals surface area contributed by atoms with Crippen LogP contribution in [0.25, 0.3) is 0 Å². The first kappa shape index (κ1) is 13.0. The van der Waals surface area contributed by atoms with Gasteiger partial charge in [-0.15, -0.1) is 0 Å². The molecule has 1 aromatic rings. The van der Waals surface area contributed by atoms with Crippen molar-refractivity contribution in [2.45, 2.75) is 13.3 Å². The maximum atomic E-state index is 5.55. The molecule has 16 heavy (non-hydrogen) atoms. The number of nitrogens with two attached hydrogens (primary N) is 1. The van der Waals surface area contributed by atoms with E-state index >= 15 is 0 Å². The summed E-state index contributed by atoms with van der Waals surface area (Å²) in [6, 6.07) is 8.58. The van der Waals surface area contributed by atoms with Gasteiger partial charge in [0.2, 0.25) is 0 Å². The molecule has 0 spiro atoms. The second-order valence-electron chi connectivity index (χ2n) is 3.96. The summed E-state index contributed by atoms with van der Waals surface area (Å²) >= 11 is 0. The van der Waals surface area contributed by atoms with Crippen LogP contribution in [-0.2, 0) is 4.74 Å². The van der Waals surface area contributed by atoms with Gasteiger partial charge in [-0.1, -0.05) is 17.7 Å². The highest BCUT2D eigenvalue weighted by Crippen LogP contribution is 2.14. The van der Waals surface area contributed by atoms with Crippen LogP contribution in [0.15, 0.2) is 24.3 Å². The molecule has 3 heteroatoms. The van der Waals surface area contributed by atoms with Crippen LogP contribution in [0.5, 0.6) is 0 Å². The molecule has 0 amide bonds. The summed E-state index contributed by atoms with van der Waals surface area (Å²) in [7, 11) is 1.73. The average Bonchev–Trinajstić information content (AvgIpc) is 2.31. The third-order valence-corrected chi connectivity index (χ3v) is 2.60. The Kier molecular flexibility index (Phi) is 5.90. The second kappa shape index (κ2) is 7.25. The highest BCUT2D eigenvalue weighted by Gasteiger charge is 2.04. The van der Waals surface area contributed by atoms with E-state index in [0.717, 1.165) is 32.7 Å². The minimum atomic E-state index is 0.731. The molecule has 0 aliphatic rings. The van der Waals surface area contributed by atoms with Gasteiger partial charge in [0.1, 0.15) is 0 Å². The van der Waals surface area contributed by atoms with Gasteiger partial charge < -0.3 is 15.4 Å². The number of hydrogen-bond donors (Lipinski definition) is 1. The fraction of sp³-hybridized carbons (Fsp3) is 0.538. The van der Waals surface area contributed by atoms with Gasteiger partial charge in [0.15, 0.2) is 0 Å². The van der Waals surface area contributed by atoms with Crippen LogP contribution in [-0.4, -0.2) is 33.4 Å². The number of hydrogen-bond acceptors (Lipinski definition) is 3. The summed E-state index contributed by atoms with van der Waals surface area (Å²) in [4.78, 5) is 2.32. The Labute approximate surface area is 98.2 Å². The predicted octanol–water partition coefficient (Wildman–Crippen LogP) is 1.80. The van der Waals surface area contributed by atoms with E-state index in [1.807, 2.05) is 0 Å². The summed E-state index contributed by atoms with van der Waals surface area (Å²) in [6.45, 7) is 5.49. The van der Waals surface area contributed by atoms with E-state index in [9.17, 15) is 0 Å². The lowest BCUT2D eigenvalue weighted by Crippen LogP contribution is -2.29. The van der Waals surface area contributed by atoms with Gasteiger partial charge in [-0.2, -0.15) is 0 Å². The van der Waals surface area contributed by atoms with E-state index in [1.165, 1.54) is 11.3 Å². The van der Waals surface area contributed by atoms with E-state index in [0.29, 0.717) is 0 Å². The smallest absolute Gasteiger partial charge is 0.0637 e. The Morgan fingerprint density at radius 1 is 1.19 bits per heavy atom. The van der Waals surface area contributed by atoms with Gasteiger partial charge in [-0.3, -0.25) is 0 Å². The predicted molar refractivity (Wildman–Crippen MR) is 68.9 cm³/mol. The Morgan fingerprint density at radius 2 is 1.88 bits per heavy atom. The number of anilines is 1. The van der Waals surface area contributed by atoms with Crippen LogP contribution in [0.2, 0.25) is 0 Å². The summed E-state index contributed by atoms with van der Waals surface area (Å²) in [5.41, 5.74) is 8.08. The van der Waals surface area contributed by atoms with Crippen LogP contribution in [0.3, 0.4) is 0 Å². The quantitative estimate of drug-likeness (QED) is 0.764. The van der Waals surface area contributed by atoms with E-state index in [-0.39, 0.29) is 0 Å². The molecule has 0 saturated carbocycles. The SMILES string of the molecule is COCCN(CCCN)c1ccc(C)cc1. The lowest BCUT2D eigenvalue weighted by atomic mass is 10.2. The van der Waals surface area contributed by atoms with Crippen LogP contribution in [0, 0.1) is 6.92 Å². The third-order valence-electron chi connectivity index (χ3n) is 2.60. The maximum Gasteiger partial charge on any atom is 0.0637 e. The third kappa shape index (κ3) is 4.21. The fourth-order valence-corrected chi connectivity index (χ4v) is 1.61. The van der Waals surface area contributed by atoms with Crippen molar-refractivity contribution in [1.29, 1.82) is 0 Å². The summed E-state index contributed by atoms with van der Waals surface area (Å²) in [6.07, 6.45) is 1.01. The molecule has 0 unspecified atom stereocenters. The van der Waals surface area contributed by atoms with Crippen molar-refractivity contribution < 1.29 is 4.74 Å². The molecule has 0 radical (unpaired) electrons. The number of aryl methyl sites for hydroxylation is 1. The average molecular weight is 222 g/mol. The van der Waals surface area contributed by atoms with Crippen LogP contribution in [0.4, 0.5) is 5.69 Å². The molecule has 3 nitrogen and oxygen atoms in total. The Balaban J connectivity index is 2.62. The van der Waals surface area contributed by atoms with E-state index < -0.39 is 0 Å². The molecule has 1 aromatic carbocycles. The van der Waals surface area contributed by atoms with E-state index in [4.69, 9.17) is 10.5 Å². The van der Waals surface area contributed by atoms with Crippen molar-refractivity contribution in [3.8, 4) is 0 Å². The number of methoxy groups -OCH3 is 1. The molecular weight excluding hydrogens is 200 g/mol. The van der Waals surface area contributed by atoms with Gasteiger partial charge >= 0.3 is 0 Å². The Hall–Kier alpha value is -1.06. The van der Waals surface area contributed by atoms with Gasteiger partial charge in [0.25, 0.3) is 0 Å². The van der Waals surface area contributed by atoms with Crippen molar-refractivity contribution in [2.24, 2.45) is 5.73 Å². The van der Waals surface area contributed by atoms with Crippen molar-refractivity contribution in [2.75, 3.05) is 38.3 Å². The number of nitrogens with zero attached hydrogens (tertiary/aromatic N) is 1. The van der Waals surface area contributed by atoms with E-state index in [1.54, 1.807) is 7.11 Å². The second-order valence-corrected chi connectivity index (χ2v) is 3.96. The largest absolute Gasteiger partial charge is 0.383 e. The van der Waals surface area contributed by atoms with Gasteiger partial charge in [-0.05, 0) is 32.0 Å². The zero-order valence-corrected chi connectivity index (χ0v) is 10.3. The molecular formula is C13H22N2O. The molecule has 0 aliphatic heterocycles. The van der Waals surface area contributed by atoms with Crippen LogP contribution < -0.4 is 10.6 Å². The highest BCUT2D eigenvalue weighted by molar-refractivity contribution is 5.47. The summed E-state index contributed by atoms with van der Waals surface area (Å²) < 4.78 is 5.12. The first-order valence-electron chi connectivity index (χ1n) is 5.78. The van der Waals surface area contributed by atoms with Crippen molar-refractivity contribution in [3.05, 3.63) is 29.8 Å².